The van der Waals surface area contributed by atoms with Gasteiger partial charge in [-0.15, -0.1) is 0 Å². The van der Waals surface area contributed by atoms with Crippen LogP contribution >= 0.6 is 0 Å². The number of nitrogens with zero attached hydrogens (tertiary/aromatic N) is 1. The number of benzene rings is 1. The second kappa shape index (κ2) is 6.69. The van der Waals surface area contributed by atoms with Gasteiger partial charge in [0, 0.05) is 25.9 Å². The van der Waals surface area contributed by atoms with Gasteiger partial charge in [-0.2, -0.15) is 0 Å². The summed E-state index contributed by atoms with van der Waals surface area (Å²) in [4.78, 5) is 25.3. The Bertz CT molecular complexity index is 540. The fourth-order valence-corrected chi connectivity index (χ4v) is 2.65. The molecule has 0 saturated carbocycles. The van der Waals surface area contributed by atoms with Crippen molar-refractivity contribution >= 4 is 17.6 Å². The fourth-order valence-electron chi connectivity index (χ4n) is 2.65. The van der Waals surface area contributed by atoms with Gasteiger partial charge in [0.25, 0.3) is 0 Å². The number of carbonyl (C=O) groups is 2. The standard InChI is InChI=1S/C15H20N2O4/c1-21-10(9-16)8-14(18)17-7-3-5-11-12(15(19)20)4-2-6-13(11)17/h2,4,6,10H,3,5,7-9,16H2,1H3,(H,19,20). The van der Waals surface area contributed by atoms with Gasteiger partial charge in [0.05, 0.1) is 18.1 Å². The third-order valence-corrected chi connectivity index (χ3v) is 3.78. The number of rotatable bonds is 5. The molecular formula is C15H20N2O4. The minimum atomic E-state index is -0.960. The molecule has 1 aliphatic heterocycles. The van der Waals surface area contributed by atoms with Crippen molar-refractivity contribution in [2.24, 2.45) is 5.73 Å². The zero-order chi connectivity index (χ0) is 15.4. The lowest BCUT2D eigenvalue weighted by molar-refractivity contribution is -0.120. The molecule has 0 radical (unpaired) electrons. The van der Waals surface area contributed by atoms with E-state index < -0.39 is 5.97 Å². The highest BCUT2D eigenvalue weighted by atomic mass is 16.5. The SMILES string of the molecule is COC(CN)CC(=O)N1CCCc2c(C(=O)O)cccc21. The summed E-state index contributed by atoms with van der Waals surface area (Å²) in [7, 11) is 1.53. The van der Waals surface area contributed by atoms with E-state index in [9.17, 15) is 14.7 Å². The van der Waals surface area contributed by atoms with Crippen LogP contribution in [0.5, 0.6) is 0 Å². The molecule has 0 aromatic heterocycles. The molecule has 1 atom stereocenters. The van der Waals surface area contributed by atoms with E-state index in [0.717, 1.165) is 12.0 Å². The lowest BCUT2D eigenvalue weighted by Gasteiger charge is -2.31. The highest BCUT2D eigenvalue weighted by molar-refractivity contribution is 5.98. The minimum Gasteiger partial charge on any atom is -0.478 e. The molecule has 1 aliphatic rings. The summed E-state index contributed by atoms with van der Waals surface area (Å²) in [5.74, 6) is -1.05. The molecule has 21 heavy (non-hydrogen) atoms. The number of amides is 1. The van der Waals surface area contributed by atoms with Gasteiger partial charge in [0.1, 0.15) is 0 Å². The summed E-state index contributed by atoms with van der Waals surface area (Å²) in [6, 6.07) is 5.04. The number of nitrogens with two attached hydrogens (primary N) is 1. The predicted molar refractivity (Wildman–Crippen MR) is 78.5 cm³/mol. The highest BCUT2D eigenvalue weighted by Gasteiger charge is 2.27. The van der Waals surface area contributed by atoms with Gasteiger partial charge < -0.3 is 20.5 Å². The number of fused-ring (bicyclic) bond motifs is 1. The second-order valence-corrected chi connectivity index (χ2v) is 5.05. The van der Waals surface area contributed by atoms with Crippen LogP contribution in [0.1, 0.15) is 28.8 Å². The molecule has 3 N–H and O–H groups in total. The molecule has 1 heterocycles. The summed E-state index contributed by atoms with van der Waals surface area (Å²) >= 11 is 0. The Balaban J connectivity index is 2.28. The molecule has 0 aliphatic carbocycles. The lowest BCUT2D eigenvalue weighted by atomic mass is 9.96. The highest BCUT2D eigenvalue weighted by Crippen LogP contribution is 2.30. The molecule has 6 heteroatoms. The number of methoxy groups -OCH3 is 1. The summed E-state index contributed by atoms with van der Waals surface area (Å²) in [6.45, 7) is 0.869. The average Bonchev–Trinajstić information content (AvgIpc) is 2.50. The Kier molecular flexibility index (Phi) is 4.93. The maximum atomic E-state index is 12.4. The number of ether oxygens (including phenoxy) is 1. The van der Waals surface area contributed by atoms with E-state index in [4.69, 9.17) is 10.5 Å². The quantitative estimate of drug-likeness (QED) is 0.845. The van der Waals surface area contributed by atoms with Crippen molar-refractivity contribution in [2.75, 3.05) is 25.1 Å². The lowest BCUT2D eigenvalue weighted by Crippen LogP contribution is -2.39. The van der Waals surface area contributed by atoms with Crippen molar-refractivity contribution in [3.63, 3.8) is 0 Å². The van der Waals surface area contributed by atoms with Gasteiger partial charge in [-0.3, -0.25) is 4.79 Å². The Morgan fingerprint density at radius 2 is 2.24 bits per heavy atom. The first-order chi connectivity index (χ1) is 10.1. The molecule has 1 amide bonds. The van der Waals surface area contributed by atoms with E-state index in [1.807, 2.05) is 0 Å². The van der Waals surface area contributed by atoms with Gasteiger partial charge in [0.15, 0.2) is 0 Å². The first kappa shape index (κ1) is 15.5. The third kappa shape index (κ3) is 3.22. The van der Waals surface area contributed by atoms with Crippen molar-refractivity contribution in [2.45, 2.75) is 25.4 Å². The molecule has 114 valence electrons. The second-order valence-electron chi connectivity index (χ2n) is 5.05. The first-order valence-electron chi connectivity index (χ1n) is 6.97. The number of carbonyl (C=O) groups excluding carboxylic acids is 1. The normalized spacial score (nSPS) is 15.4. The van der Waals surface area contributed by atoms with E-state index in [1.54, 1.807) is 23.1 Å². The van der Waals surface area contributed by atoms with Gasteiger partial charge in [0.2, 0.25) is 5.91 Å². The van der Waals surface area contributed by atoms with Crippen LogP contribution in [-0.4, -0.2) is 43.3 Å². The van der Waals surface area contributed by atoms with Crippen LogP contribution in [0.25, 0.3) is 0 Å². The maximum absolute atomic E-state index is 12.4. The Labute approximate surface area is 123 Å². The Morgan fingerprint density at radius 1 is 1.48 bits per heavy atom. The smallest absolute Gasteiger partial charge is 0.336 e. The van der Waals surface area contributed by atoms with Crippen LogP contribution < -0.4 is 10.6 Å². The van der Waals surface area contributed by atoms with Crippen molar-refractivity contribution in [3.05, 3.63) is 29.3 Å². The molecule has 1 aromatic carbocycles. The number of hydrogen-bond acceptors (Lipinski definition) is 4. The van der Waals surface area contributed by atoms with Crippen LogP contribution in [0.3, 0.4) is 0 Å². The zero-order valence-electron chi connectivity index (χ0n) is 12.0. The summed E-state index contributed by atoms with van der Waals surface area (Å²) in [5.41, 5.74) is 7.24. The van der Waals surface area contributed by atoms with E-state index in [-0.39, 0.29) is 30.5 Å². The monoisotopic (exact) mass is 292 g/mol. The van der Waals surface area contributed by atoms with Gasteiger partial charge >= 0.3 is 5.97 Å². The maximum Gasteiger partial charge on any atom is 0.336 e. The first-order valence-corrected chi connectivity index (χ1v) is 6.97. The number of aromatic carboxylic acids is 1. The van der Waals surface area contributed by atoms with E-state index >= 15 is 0 Å². The number of carboxylic acid groups (broad SMARTS) is 1. The van der Waals surface area contributed by atoms with Gasteiger partial charge in [-0.1, -0.05) is 6.07 Å². The van der Waals surface area contributed by atoms with Crippen LogP contribution in [0, 0.1) is 0 Å². The molecule has 1 aromatic rings. The van der Waals surface area contributed by atoms with Crippen LogP contribution in [0.4, 0.5) is 5.69 Å². The molecule has 2 rings (SSSR count). The van der Waals surface area contributed by atoms with Crippen molar-refractivity contribution < 1.29 is 19.4 Å². The molecule has 1 unspecified atom stereocenters. The third-order valence-electron chi connectivity index (χ3n) is 3.78. The predicted octanol–water partition coefficient (Wildman–Crippen LogP) is 1.03. The van der Waals surface area contributed by atoms with Gasteiger partial charge in [-0.05, 0) is 30.5 Å². The summed E-state index contributed by atoms with van der Waals surface area (Å²) in [6.07, 6.45) is 1.31. The molecule has 6 nitrogen and oxygen atoms in total. The van der Waals surface area contributed by atoms with Crippen molar-refractivity contribution in [1.82, 2.24) is 0 Å². The Morgan fingerprint density at radius 3 is 2.86 bits per heavy atom. The van der Waals surface area contributed by atoms with Gasteiger partial charge in [-0.25, -0.2) is 4.79 Å². The summed E-state index contributed by atoms with van der Waals surface area (Å²) in [5, 5.41) is 9.25. The number of anilines is 1. The Hall–Kier alpha value is -1.92. The fraction of sp³-hybridized carbons (Fsp3) is 0.467. The molecule has 0 bridgehead atoms. The largest absolute Gasteiger partial charge is 0.478 e. The number of hydrogen-bond donors (Lipinski definition) is 2. The minimum absolute atomic E-state index is 0.0872. The molecule has 0 fully saturated rings. The van der Waals surface area contributed by atoms with Crippen molar-refractivity contribution in [3.8, 4) is 0 Å². The molecular weight excluding hydrogens is 272 g/mol. The zero-order valence-corrected chi connectivity index (χ0v) is 12.0. The van der Waals surface area contributed by atoms with Crippen LogP contribution in [0.15, 0.2) is 18.2 Å². The van der Waals surface area contributed by atoms with E-state index in [2.05, 4.69) is 0 Å². The number of carboxylic acids is 1. The van der Waals surface area contributed by atoms with Crippen molar-refractivity contribution in [1.29, 1.82) is 0 Å². The van der Waals surface area contributed by atoms with Crippen LogP contribution in [0.2, 0.25) is 0 Å². The van der Waals surface area contributed by atoms with E-state index in [0.29, 0.717) is 18.7 Å². The average molecular weight is 292 g/mol. The summed E-state index contributed by atoms with van der Waals surface area (Å²) < 4.78 is 5.14. The topological polar surface area (TPSA) is 92.9 Å². The van der Waals surface area contributed by atoms with E-state index in [1.165, 1.54) is 7.11 Å². The molecule has 0 saturated heterocycles. The van der Waals surface area contributed by atoms with Crippen LogP contribution in [-0.2, 0) is 16.0 Å². The molecule has 0 spiro atoms.